The summed E-state index contributed by atoms with van der Waals surface area (Å²) in [6.07, 6.45) is -5.99. The summed E-state index contributed by atoms with van der Waals surface area (Å²) in [5, 5.41) is 0. The first kappa shape index (κ1) is 47.9. The quantitative estimate of drug-likeness (QED) is 0.0637. The zero-order chi connectivity index (χ0) is 42.2. The van der Waals surface area contributed by atoms with E-state index in [-0.39, 0.29) is 43.1 Å². The first-order valence-electron chi connectivity index (χ1n) is 19.6. The van der Waals surface area contributed by atoms with Gasteiger partial charge >= 0.3 is 12.1 Å². The molecule has 2 aliphatic heterocycles. The largest absolute Gasteiger partial charge is 0.449 e. The molecule has 0 bridgehead atoms. The van der Waals surface area contributed by atoms with Gasteiger partial charge in [-0.3, -0.25) is 4.79 Å². The maximum atomic E-state index is 15.4. The molecule has 1 aromatic rings. The minimum absolute atomic E-state index is 0.00384. The molecule has 1 aromatic carbocycles. The van der Waals surface area contributed by atoms with Crippen LogP contribution < -0.4 is 0 Å². The van der Waals surface area contributed by atoms with Gasteiger partial charge in [0.15, 0.2) is 14.5 Å². The van der Waals surface area contributed by atoms with E-state index in [1.807, 2.05) is 13.8 Å². The van der Waals surface area contributed by atoms with Gasteiger partial charge in [0.1, 0.15) is 6.10 Å². The summed E-state index contributed by atoms with van der Waals surface area (Å²) in [4.78, 5) is 44.7. The standard InChI is InChI=1S/C41H69NO12Si2/c1-27-25-41(49-9,53-29(3)28(27)2)35(52-38(44)30-19-17-16-18-20-30)36(43)42(39(45)50-21-22-55(10,11)12)37(48-8)32-24-34(54-56(13,14)15)40(4,5)33(51-32)23-31(47-7)26-46-6/h16-20,28-29,31-35,37H,1,21-26H2,2-15H3/t28-,29-,31+,32+,33-,34-,35?,37+,41-/m1/s1. The first-order chi connectivity index (χ1) is 26.0. The van der Waals surface area contributed by atoms with E-state index in [4.69, 9.17) is 42.3 Å². The molecule has 9 atom stereocenters. The van der Waals surface area contributed by atoms with Crippen LogP contribution in [0.15, 0.2) is 42.5 Å². The number of ether oxygens (including phenoxy) is 8. The Kier molecular flexibility index (Phi) is 17.1. The molecule has 0 spiro atoms. The second-order valence-electron chi connectivity index (χ2n) is 17.9. The number of nitrogens with zero attached hydrogens (tertiary/aromatic N) is 1. The molecule has 56 heavy (non-hydrogen) atoms. The molecule has 2 fully saturated rings. The predicted molar refractivity (Wildman–Crippen MR) is 219 cm³/mol. The van der Waals surface area contributed by atoms with Gasteiger partial charge < -0.3 is 42.3 Å². The molecule has 0 aromatic heterocycles. The van der Waals surface area contributed by atoms with E-state index in [0.29, 0.717) is 19.1 Å². The van der Waals surface area contributed by atoms with E-state index < -0.39 is 76.2 Å². The molecule has 15 heteroatoms. The van der Waals surface area contributed by atoms with Crippen LogP contribution in [0.4, 0.5) is 4.79 Å². The number of hydrogen-bond donors (Lipinski definition) is 0. The Hall–Kier alpha value is -2.48. The summed E-state index contributed by atoms with van der Waals surface area (Å²) in [5.41, 5.74) is 0.391. The Morgan fingerprint density at radius 2 is 1.62 bits per heavy atom. The highest BCUT2D eigenvalue weighted by Gasteiger charge is 2.58. The summed E-state index contributed by atoms with van der Waals surface area (Å²) in [5.74, 6) is -3.73. The number of methoxy groups -OCH3 is 4. The van der Waals surface area contributed by atoms with Crippen molar-refractivity contribution in [1.82, 2.24) is 4.90 Å². The normalized spacial score (nSPS) is 27.2. The van der Waals surface area contributed by atoms with Crippen molar-refractivity contribution < 1.29 is 56.7 Å². The fourth-order valence-corrected chi connectivity index (χ4v) is 9.07. The molecule has 0 saturated carbocycles. The fraction of sp³-hybridized carbons (Fsp3) is 0.732. The summed E-state index contributed by atoms with van der Waals surface area (Å²) in [6.45, 7) is 25.4. The van der Waals surface area contributed by atoms with E-state index >= 15 is 4.79 Å². The molecule has 13 nitrogen and oxygen atoms in total. The minimum atomic E-state index is -2.15. The Labute approximate surface area is 337 Å². The smallest absolute Gasteiger partial charge is 0.418 e. The first-order valence-corrected chi connectivity index (χ1v) is 26.7. The number of carbonyl (C=O) groups excluding carboxylic acids is 3. The van der Waals surface area contributed by atoms with Gasteiger partial charge in [-0.05, 0) is 44.7 Å². The molecule has 318 valence electrons. The number of imide groups is 1. The lowest BCUT2D eigenvalue weighted by Crippen LogP contribution is -2.65. The number of esters is 1. The molecule has 2 saturated heterocycles. The maximum Gasteiger partial charge on any atom is 0.418 e. The third-order valence-corrected chi connectivity index (χ3v) is 13.5. The van der Waals surface area contributed by atoms with Crippen LogP contribution in [0.5, 0.6) is 0 Å². The highest BCUT2D eigenvalue weighted by molar-refractivity contribution is 6.76. The zero-order valence-electron chi connectivity index (χ0n) is 36.3. The lowest BCUT2D eigenvalue weighted by Gasteiger charge is -2.52. The van der Waals surface area contributed by atoms with Gasteiger partial charge in [0, 0.05) is 67.1 Å². The van der Waals surface area contributed by atoms with Crippen molar-refractivity contribution in [2.24, 2.45) is 11.3 Å². The number of carbonyl (C=O) groups is 3. The Morgan fingerprint density at radius 3 is 2.14 bits per heavy atom. The van der Waals surface area contributed by atoms with Crippen LogP contribution >= 0.6 is 0 Å². The van der Waals surface area contributed by atoms with Crippen LogP contribution in [0.3, 0.4) is 0 Å². The van der Waals surface area contributed by atoms with Gasteiger partial charge in [-0.15, -0.1) is 0 Å². The number of hydrogen-bond acceptors (Lipinski definition) is 12. The lowest BCUT2D eigenvalue weighted by atomic mass is 9.74. The second kappa shape index (κ2) is 20.0. The van der Waals surface area contributed by atoms with Gasteiger partial charge in [-0.1, -0.05) is 70.8 Å². The van der Waals surface area contributed by atoms with Crippen molar-refractivity contribution >= 4 is 34.4 Å². The monoisotopic (exact) mass is 823 g/mol. The van der Waals surface area contributed by atoms with E-state index in [2.05, 4.69) is 59.7 Å². The molecule has 0 radical (unpaired) electrons. The van der Waals surface area contributed by atoms with Crippen molar-refractivity contribution in [1.29, 1.82) is 0 Å². The van der Waals surface area contributed by atoms with E-state index in [0.717, 1.165) is 10.5 Å². The molecule has 3 rings (SSSR count). The van der Waals surface area contributed by atoms with Crippen LogP contribution in [0.25, 0.3) is 0 Å². The van der Waals surface area contributed by atoms with Crippen LogP contribution in [0.2, 0.25) is 45.3 Å². The zero-order valence-corrected chi connectivity index (χ0v) is 38.3. The third kappa shape index (κ3) is 12.3. The number of rotatable bonds is 18. The molecule has 2 aliphatic rings. The van der Waals surface area contributed by atoms with Crippen molar-refractivity contribution in [2.75, 3.05) is 41.7 Å². The van der Waals surface area contributed by atoms with E-state index in [1.54, 1.807) is 44.6 Å². The Balaban J connectivity index is 2.22. The van der Waals surface area contributed by atoms with Crippen molar-refractivity contribution in [3.63, 3.8) is 0 Å². The predicted octanol–water partition coefficient (Wildman–Crippen LogP) is 7.29. The SMILES string of the molecule is C=C1C[C@](OC)(C(OC(=O)c2ccccc2)C(=O)N(C(=O)OCC[Si](C)(C)C)[C@@H](OC)[C@@H]2C[C@@H](O[Si](C)(C)C)C(C)(C)[C@@H](C[C@@H](COC)OC)O2)O[C@H](C)[C@@H]1C. The Bertz CT molecular complexity index is 1460. The molecule has 1 unspecified atom stereocenters. The number of benzene rings is 1. The van der Waals surface area contributed by atoms with Crippen LogP contribution in [-0.2, 0) is 47.1 Å². The van der Waals surface area contributed by atoms with Gasteiger partial charge in [0.2, 0.25) is 11.9 Å². The molecular formula is C41H69NO12Si2. The van der Waals surface area contributed by atoms with Crippen molar-refractivity contribution in [3.8, 4) is 0 Å². The maximum absolute atomic E-state index is 15.4. The molecule has 0 N–H and O–H groups in total. The highest BCUT2D eigenvalue weighted by atomic mass is 28.4. The molecule has 2 amide bonds. The lowest BCUT2D eigenvalue weighted by molar-refractivity contribution is -0.300. The average Bonchev–Trinajstić information content (AvgIpc) is 3.11. The van der Waals surface area contributed by atoms with Gasteiger partial charge in [0.25, 0.3) is 5.91 Å². The van der Waals surface area contributed by atoms with Crippen LogP contribution in [-0.4, -0.2) is 130 Å². The van der Waals surface area contributed by atoms with Gasteiger partial charge in [0.05, 0.1) is 43.2 Å². The van der Waals surface area contributed by atoms with Gasteiger partial charge in [-0.2, -0.15) is 0 Å². The van der Waals surface area contributed by atoms with Crippen molar-refractivity contribution in [2.45, 2.75) is 141 Å². The van der Waals surface area contributed by atoms with E-state index in [1.165, 1.54) is 14.2 Å². The Morgan fingerprint density at radius 1 is 0.982 bits per heavy atom. The summed E-state index contributed by atoms with van der Waals surface area (Å²) in [7, 11) is 2.17. The minimum Gasteiger partial charge on any atom is -0.449 e. The summed E-state index contributed by atoms with van der Waals surface area (Å²) in [6, 6.07) is 8.92. The van der Waals surface area contributed by atoms with Crippen LogP contribution in [0, 0.1) is 11.3 Å². The second-order valence-corrected chi connectivity index (χ2v) is 27.9. The molecule has 0 aliphatic carbocycles. The molecular weight excluding hydrogens is 755 g/mol. The summed E-state index contributed by atoms with van der Waals surface area (Å²) < 4.78 is 55.5. The average molecular weight is 824 g/mol. The highest BCUT2D eigenvalue weighted by Crippen LogP contribution is 2.44. The van der Waals surface area contributed by atoms with E-state index in [9.17, 15) is 9.59 Å². The van der Waals surface area contributed by atoms with Crippen LogP contribution in [0.1, 0.15) is 57.3 Å². The number of amides is 2. The molecule has 2 heterocycles. The fourth-order valence-electron chi connectivity index (χ4n) is 7.10. The van der Waals surface area contributed by atoms with Gasteiger partial charge in [-0.25, -0.2) is 14.5 Å². The summed E-state index contributed by atoms with van der Waals surface area (Å²) >= 11 is 0. The third-order valence-electron chi connectivity index (χ3n) is 10.8. The van der Waals surface area contributed by atoms with Crippen molar-refractivity contribution in [3.05, 3.63) is 48.0 Å². The topological polar surface area (TPSA) is 138 Å².